The molecule has 2 rings (SSSR count). The maximum Gasteiger partial charge on any atom is 0.412 e. The molecule has 0 spiro atoms. The second kappa shape index (κ2) is 7.38. The summed E-state index contributed by atoms with van der Waals surface area (Å²) in [5.74, 6) is 0.629. The Kier molecular flexibility index (Phi) is 5.28. The normalized spacial score (nSPS) is 10.4. The van der Waals surface area contributed by atoms with Gasteiger partial charge in [-0.1, -0.05) is 10.4 Å². The van der Waals surface area contributed by atoms with E-state index in [1.165, 1.54) is 10.9 Å². The van der Waals surface area contributed by atoms with E-state index in [2.05, 4.69) is 26.1 Å². The average molecular weight is 322 g/mol. The third kappa shape index (κ3) is 4.53. The van der Waals surface area contributed by atoms with Gasteiger partial charge in [0.25, 0.3) is 0 Å². The number of amides is 2. The molecule has 10 heteroatoms. The quantitative estimate of drug-likeness (QED) is 0.804. The van der Waals surface area contributed by atoms with Crippen LogP contribution in [0.4, 0.5) is 10.6 Å². The van der Waals surface area contributed by atoms with Crippen molar-refractivity contribution in [2.24, 2.45) is 0 Å². The van der Waals surface area contributed by atoms with Gasteiger partial charge in [0, 0.05) is 12.1 Å². The van der Waals surface area contributed by atoms with Crippen LogP contribution in [-0.4, -0.2) is 38.8 Å². The van der Waals surface area contributed by atoms with Crippen LogP contribution in [0.5, 0.6) is 0 Å². The molecule has 124 valence electrons. The second-order valence-electron chi connectivity index (χ2n) is 4.73. The van der Waals surface area contributed by atoms with Gasteiger partial charge >= 0.3 is 6.09 Å². The van der Waals surface area contributed by atoms with Gasteiger partial charge in [-0.15, -0.1) is 5.10 Å². The van der Waals surface area contributed by atoms with E-state index in [9.17, 15) is 9.59 Å². The zero-order valence-electron chi connectivity index (χ0n) is 13.1. The van der Waals surface area contributed by atoms with E-state index in [0.717, 1.165) is 11.3 Å². The number of hydrogen-bond donors (Lipinski definition) is 2. The Balaban J connectivity index is 1.84. The highest BCUT2D eigenvalue weighted by Gasteiger charge is 2.12. The summed E-state index contributed by atoms with van der Waals surface area (Å²) in [6, 6.07) is 0. The van der Waals surface area contributed by atoms with Crippen LogP contribution in [0.2, 0.25) is 0 Å². The van der Waals surface area contributed by atoms with E-state index >= 15 is 0 Å². The predicted octanol–water partition coefficient (Wildman–Crippen LogP) is 0.768. The standard InChI is InChI=1S/C13H18N6O4/c1-4-22-13(21)15-11-6-19(18-16-11)7-12(20)14-5-10-8(2)17-23-9(10)3/h6H,4-5,7H2,1-3H3,(H,14,20)(H,15,21). The molecule has 2 heterocycles. The number of nitrogens with one attached hydrogen (secondary N) is 2. The molecular weight excluding hydrogens is 304 g/mol. The highest BCUT2D eigenvalue weighted by atomic mass is 16.5. The maximum atomic E-state index is 11.9. The fourth-order valence-corrected chi connectivity index (χ4v) is 1.85. The lowest BCUT2D eigenvalue weighted by molar-refractivity contribution is -0.122. The van der Waals surface area contributed by atoms with Crippen molar-refractivity contribution in [3.05, 3.63) is 23.2 Å². The Morgan fingerprint density at radius 1 is 1.39 bits per heavy atom. The Hall–Kier alpha value is -2.91. The van der Waals surface area contributed by atoms with E-state index in [1.54, 1.807) is 13.8 Å². The van der Waals surface area contributed by atoms with Crippen LogP contribution >= 0.6 is 0 Å². The summed E-state index contributed by atoms with van der Waals surface area (Å²) < 4.78 is 11.1. The molecule has 0 unspecified atom stereocenters. The van der Waals surface area contributed by atoms with E-state index in [0.29, 0.717) is 12.3 Å². The van der Waals surface area contributed by atoms with Crippen molar-refractivity contribution < 1.29 is 18.8 Å². The van der Waals surface area contributed by atoms with Crippen LogP contribution in [-0.2, 0) is 22.6 Å². The first kappa shape index (κ1) is 16.5. The van der Waals surface area contributed by atoms with Crippen LogP contribution in [0.15, 0.2) is 10.7 Å². The molecule has 0 aliphatic heterocycles. The largest absolute Gasteiger partial charge is 0.450 e. The fraction of sp³-hybridized carbons (Fsp3) is 0.462. The minimum atomic E-state index is -0.623. The number of aryl methyl sites for hydroxylation is 2. The number of aromatic nitrogens is 4. The molecule has 0 aliphatic carbocycles. The minimum absolute atomic E-state index is 0.0269. The number of rotatable bonds is 6. The van der Waals surface area contributed by atoms with Crippen molar-refractivity contribution >= 4 is 17.8 Å². The molecule has 2 aromatic heterocycles. The van der Waals surface area contributed by atoms with Gasteiger partial charge in [-0.25, -0.2) is 9.48 Å². The van der Waals surface area contributed by atoms with Gasteiger partial charge in [0.2, 0.25) is 5.91 Å². The number of anilines is 1. The molecule has 0 bridgehead atoms. The van der Waals surface area contributed by atoms with Crippen LogP contribution < -0.4 is 10.6 Å². The predicted molar refractivity (Wildman–Crippen MR) is 78.5 cm³/mol. The topological polar surface area (TPSA) is 124 Å². The van der Waals surface area contributed by atoms with Crippen LogP contribution in [0.25, 0.3) is 0 Å². The van der Waals surface area contributed by atoms with Gasteiger partial charge in [0.15, 0.2) is 5.82 Å². The first-order valence-electron chi connectivity index (χ1n) is 7.02. The molecule has 0 atom stereocenters. The third-order valence-electron chi connectivity index (χ3n) is 2.99. The molecule has 0 saturated heterocycles. The number of nitrogens with zero attached hydrogens (tertiary/aromatic N) is 4. The van der Waals surface area contributed by atoms with E-state index in [-0.39, 0.29) is 24.9 Å². The zero-order valence-corrected chi connectivity index (χ0v) is 13.1. The van der Waals surface area contributed by atoms with Crippen LogP contribution in [0.1, 0.15) is 23.9 Å². The first-order valence-corrected chi connectivity index (χ1v) is 7.02. The molecule has 2 aromatic rings. The number of carbonyl (C=O) groups excluding carboxylic acids is 2. The van der Waals surface area contributed by atoms with Crippen LogP contribution in [0.3, 0.4) is 0 Å². The molecule has 0 aromatic carbocycles. The van der Waals surface area contributed by atoms with Crippen molar-refractivity contribution in [2.75, 3.05) is 11.9 Å². The number of ether oxygens (including phenoxy) is 1. The van der Waals surface area contributed by atoms with E-state index < -0.39 is 6.09 Å². The Morgan fingerprint density at radius 2 is 2.17 bits per heavy atom. The monoisotopic (exact) mass is 322 g/mol. The summed E-state index contributed by atoms with van der Waals surface area (Å²) in [4.78, 5) is 23.1. The highest BCUT2D eigenvalue weighted by molar-refractivity contribution is 5.83. The molecule has 2 N–H and O–H groups in total. The Labute approximate surface area is 132 Å². The van der Waals surface area contributed by atoms with Gasteiger partial charge in [-0.05, 0) is 20.8 Å². The number of hydrogen-bond acceptors (Lipinski definition) is 7. The lowest BCUT2D eigenvalue weighted by Gasteiger charge is -2.04. The summed E-state index contributed by atoms with van der Waals surface area (Å²) in [6.45, 7) is 5.84. The molecule has 0 fully saturated rings. The van der Waals surface area contributed by atoms with Crippen molar-refractivity contribution in [1.82, 2.24) is 25.5 Å². The summed E-state index contributed by atoms with van der Waals surface area (Å²) in [5.41, 5.74) is 1.59. The van der Waals surface area contributed by atoms with Crippen molar-refractivity contribution in [1.29, 1.82) is 0 Å². The van der Waals surface area contributed by atoms with Gasteiger partial charge in [0.1, 0.15) is 12.3 Å². The molecule has 10 nitrogen and oxygen atoms in total. The highest BCUT2D eigenvalue weighted by Crippen LogP contribution is 2.11. The van der Waals surface area contributed by atoms with Gasteiger partial charge in [0.05, 0.1) is 18.5 Å². The summed E-state index contributed by atoms with van der Waals surface area (Å²) in [7, 11) is 0. The summed E-state index contributed by atoms with van der Waals surface area (Å²) >= 11 is 0. The molecule has 2 amide bonds. The first-order chi connectivity index (χ1) is 11.0. The van der Waals surface area contributed by atoms with Crippen molar-refractivity contribution in [3.8, 4) is 0 Å². The lowest BCUT2D eigenvalue weighted by atomic mass is 10.2. The second-order valence-corrected chi connectivity index (χ2v) is 4.73. The van der Waals surface area contributed by atoms with Gasteiger partial charge in [-0.3, -0.25) is 10.1 Å². The SMILES string of the molecule is CCOC(=O)Nc1cn(CC(=O)NCc2c(C)noc2C)nn1. The van der Waals surface area contributed by atoms with E-state index in [4.69, 9.17) is 9.26 Å². The third-order valence-corrected chi connectivity index (χ3v) is 2.99. The van der Waals surface area contributed by atoms with Crippen LogP contribution in [0, 0.1) is 13.8 Å². The average Bonchev–Trinajstić information content (AvgIpc) is 3.04. The smallest absolute Gasteiger partial charge is 0.412 e. The zero-order chi connectivity index (χ0) is 16.8. The van der Waals surface area contributed by atoms with Crippen molar-refractivity contribution in [3.63, 3.8) is 0 Å². The molecule has 0 radical (unpaired) electrons. The summed E-state index contributed by atoms with van der Waals surface area (Å²) in [5, 5.41) is 16.4. The summed E-state index contributed by atoms with van der Waals surface area (Å²) in [6.07, 6.45) is 0.814. The van der Waals surface area contributed by atoms with Crippen molar-refractivity contribution in [2.45, 2.75) is 33.9 Å². The molecule has 0 saturated carbocycles. The van der Waals surface area contributed by atoms with Gasteiger partial charge in [-0.2, -0.15) is 0 Å². The fourth-order valence-electron chi connectivity index (χ4n) is 1.85. The molecule has 23 heavy (non-hydrogen) atoms. The number of carbonyl (C=O) groups is 2. The Bertz CT molecular complexity index is 673. The minimum Gasteiger partial charge on any atom is -0.450 e. The lowest BCUT2D eigenvalue weighted by Crippen LogP contribution is -2.27. The Morgan fingerprint density at radius 3 is 2.83 bits per heavy atom. The van der Waals surface area contributed by atoms with E-state index in [1.807, 2.05) is 6.92 Å². The molecular formula is C13H18N6O4. The maximum absolute atomic E-state index is 11.9. The van der Waals surface area contributed by atoms with Gasteiger partial charge < -0.3 is 14.6 Å². The molecule has 0 aliphatic rings.